The van der Waals surface area contributed by atoms with Crippen LogP contribution in [0.2, 0.25) is 0 Å². The van der Waals surface area contributed by atoms with E-state index in [0.29, 0.717) is 18.0 Å². The Hall–Kier alpha value is -2.04. The molecule has 0 aliphatic heterocycles. The second-order valence-corrected chi connectivity index (χ2v) is 6.63. The van der Waals surface area contributed by atoms with Gasteiger partial charge in [-0.2, -0.15) is 0 Å². The molecule has 0 saturated heterocycles. The molecule has 2 atom stereocenters. The molecule has 0 bridgehead atoms. The standard InChI is InChI=1S/C21H27NO3/c1-24-19-12-11-16(13-20(19)25-17-9-5-6-10-17)21(23)18(14-22)15-7-3-2-4-8-15/h2-4,7-8,11-13,17-18,21,23H,5-6,9-10,14,22H2,1H3. The molecule has 3 rings (SSSR count). The Bertz CT molecular complexity index is 668. The quantitative estimate of drug-likeness (QED) is 0.804. The lowest BCUT2D eigenvalue weighted by atomic mass is 9.89. The van der Waals surface area contributed by atoms with Gasteiger partial charge in [-0.1, -0.05) is 36.4 Å². The third-order valence-electron chi connectivity index (χ3n) is 4.99. The highest BCUT2D eigenvalue weighted by atomic mass is 16.5. The third kappa shape index (κ3) is 4.14. The van der Waals surface area contributed by atoms with Gasteiger partial charge in [0.1, 0.15) is 0 Å². The van der Waals surface area contributed by atoms with Crippen LogP contribution in [0.5, 0.6) is 11.5 Å². The van der Waals surface area contributed by atoms with Gasteiger partial charge in [0.25, 0.3) is 0 Å². The average molecular weight is 341 g/mol. The van der Waals surface area contributed by atoms with Crippen LogP contribution in [0, 0.1) is 0 Å². The predicted molar refractivity (Wildman–Crippen MR) is 99.1 cm³/mol. The van der Waals surface area contributed by atoms with E-state index in [2.05, 4.69) is 0 Å². The second kappa shape index (κ2) is 8.37. The highest BCUT2D eigenvalue weighted by Gasteiger charge is 2.24. The molecule has 0 amide bonds. The maximum Gasteiger partial charge on any atom is 0.161 e. The lowest BCUT2D eigenvalue weighted by Gasteiger charge is -2.24. The van der Waals surface area contributed by atoms with Crippen LogP contribution < -0.4 is 15.2 Å². The van der Waals surface area contributed by atoms with E-state index in [0.717, 1.165) is 24.0 Å². The molecular weight excluding hydrogens is 314 g/mol. The summed E-state index contributed by atoms with van der Waals surface area (Å²) in [5.74, 6) is 1.25. The molecule has 0 heterocycles. The number of methoxy groups -OCH3 is 1. The zero-order valence-electron chi connectivity index (χ0n) is 14.7. The van der Waals surface area contributed by atoms with E-state index in [-0.39, 0.29) is 12.0 Å². The zero-order chi connectivity index (χ0) is 17.6. The van der Waals surface area contributed by atoms with Crippen molar-refractivity contribution in [1.82, 2.24) is 0 Å². The van der Waals surface area contributed by atoms with E-state index < -0.39 is 6.10 Å². The lowest BCUT2D eigenvalue weighted by molar-refractivity contribution is 0.146. The summed E-state index contributed by atoms with van der Waals surface area (Å²) in [5.41, 5.74) is 7.79. The first-order valence-electron chi connectivity index (χ1n) is 9.00. The number of rotatable bonds is 7. The van der Waals surface area contributed by atoms with Crippen molar-refractivity contribution in [1.29, 1.82) is 0 Å². The molecular formula is C21H27NO3. The second-order valence-electron chi connectivity index (χ2n) is 6.63. The van der Waals surface area contributed by atoms with Crippen LogP contribution in [-0.4, -0.2) is 24.9 Å². The Kier molecular flexibility index (Phi) is 5.95. The molecule has 1 saturated carbocycles. The fourth-order valence-corrected chi connectivity index (χ4v) is 3.53. The van der Waals surface area contributed by atoms with Crippen LogP contribution in [-0.2, 0) is 0 Å². The summed E-state index contributed by atoms with van der Waals surface area (Å²) in [5, 5.41) is 10.9. The van der Waals surface area contributed by atoms with Gasteiger partial charge in [-0.05, 0) is 48.9 Å². The number of aliphatic hydroxyl groups is 1. The molecule has 0 radical (unpaired) electrons. The van der Waals surface area contributed by atoms with E-state index in [1.807, 2.05) is 48.5 Å². The van der Waals surface area contributed by atoms with E-state index in [1.54, 1.807) is 7.11 Å². The summed E-state index contributed by atoms with van der Waals surface area (Å²) in [7, 11) is 1.64. The van der Waals surface area contributed by atoms with Crippen molar-refractivity contribution in [2.45, 2.75) is 43.8 Å². The predicted octanol–water partition coefficient (Wildman–Crippen LogP) is 3.79. The third-order valence-corrected chi connectivity index (χ3v) is 4.99. The van der Waals surface area contributed by atoms with Gasteiger partial charge in [0, 0.05) is 12.5 Å². The van der Waals surface area contributed by atoms with Crippen LogP contribution >= 0.6 is 0 Å². The van der Waals surface area contributed by atoms with Gasteiger partial charge < -0.3 is 20.3 Å². The summed E-state index contributed by atoms with van der Waals surface area (Å²) >= 11 is 0. The summed E-state index contributed by atoms with van der Waals surface area (Å²) in [6, 6.07) is 15.5. The van der Waals surface area contributed by atoms with E-state index in [9.17, 15) is 5.11 Å². The number of hydrogen-bond donors (Lipinski definition) is 2. The molecule has 134 valence electrons. The maximum atomic E-state index is 10.9. The molecule has 25 heavy (non-hydrogen) atoms. The van der Waals surface area contributed by atoms with Crippen LogP contribution in [0.4, 0.5) is 0 Å². The maximum absolute atomic E-state index is 10.9. The number of ether oxygens (including phenoxy) is 2. The van der Waals surface area contributed by atoms with Crippen LogP contribution in [0.1, 0.15) is 48.8 Å². The minimum atomic E-state index is -0.691. The van der Waals surface area contributed by atoms with Gasteiger partial charge in [-0.3, -0.25) is 0 Å². The molecule has 0 aromatic heterocycles. The average Bonchev–Trinajstić information content (AvgIpc) is 3.16. The van der Waals surface area contributed by atoms with Gasteiger partial charge in [0.15, 0.2) is 11.5 Å². The van der Waals surface area contributed by atoms with Crippen molar-refractivity contribution in [3.8, 4) is 11.5 Å². The largest absolute Gasteiger partial charge is 0.493 e. The Morgan fingerprint density at radius 1 is 1.04 bits per heavy atom. The molecule has 1 aliphatic carbocycles. The minimum Gasteiger partial charge on any atom is -0.493 e. The van der Waals surface area contributed by atoms with Crippen molar-refractivity contribution < 1.29 is 14.6 Å². The summed E-state index contributed by atoms with van der Waals surface area (Å²) < 4.78 is 11.6. The Labute approximate surface area is 149 Å². The summed E-state index contributed by atoms with van der Waals surface area (Å²) in [4.78, 5) is 0. The molecule has 3 N–H and O–H groups in total. The highest BCUT2D eigenvalue weighted by Crippen LogP contribution is 2.37. The zero-order valence-corrected chi connectivity index (χ0v) is 14.7. The Morgan fingerprint density at radius 3 is 2.40 bits per heavy atom. The number of nitrogens with two attached hydrogens (primary N) is 1. The van der Waals surface area contributed by atoms with Crippen molar-refractivity contribution in [3.05, 3.63) is 59.7 Å². The summed E-state index contributed by atoms with van der Waals surface area (Å²) in [6.45, 7) is 0.371. The van der Waals surface area contributed by atoms with Crippen molar-refractivity contribution >= 4 is 0 Å². The number of hydrogen-bond acceptors (Lipinski definition) is 4. The molecule has 4 nitrogen and oxygen atoms in total. The minimum absolute atomic E-state index is 0.158. The van der Waals surface area contributed by atoms with Gasteiger partial charge in [-0.25, -0.2) is 0 Å². The Morgan fingerprint density at radius 2 is 1.76 bits per heavy atom. The first-order valence-corrected chi connectivity index (χ1v) is 9.00. The number of benzene rings is 2. The Balaban J connectivity index is 1.85. The molecule has 0 spiro atoms. The molecule has 1 fully saturated rings. The molecule has 2 aromatic rings. The molecule has 1 aliphatic rings. The number of aliphatic hydroxyl groups excluding tert-OH is 1. The van der Waals surface area contributed by atoms with Crippen LogP contribution in [0.25, 0.3) is 0 Å². The fraction of sp³-hybridized carbons (Fsp3) is 0.429. The molecule has 4 heteroatoms. The van der Waals surface area contributed by atoms with E-state index in [1.165, 1.54) is 12.8 Å². The van der Waals surface area contributed by atoms with Gasteiger partial charge in [0.05, 0.1) is 19.3 Å². The summed E-state index contributed by atoms with van der Waals surface area (Å²) in [6.07, 6.45) is 4.11. The van der Waals surface area contributed by atoms with Crippen LogP contribution in [0.3, 0.4) is 0 Å². The van der Waals surface area contributed by atoms with Gasteiger partial charge in [-0.15, -0.1) is 0 Å². The van der Waals surface area contributed by atoms with Crippen molar-refractivity contribution in [3.63, 3.8) is 0 Å². The normalized spacial score (nSPS) is 17.2. The molecule has 2 aromatic carbocycles. The van der Waals surface area contributed by atoms with Gasteiger partial charge in [0.2, 0.25) is 0 Å². The van der Waals surface area contributed by atoms with E-state index in [4.69, 9.17) is 15.2 Å². The first kappa shape index (κ1) is 17.8. The molecule has 2 unspecified atom stereocenters. The lowest BCUT2D eigenvalue weighted by Crippen LogP contribution is -2.20. The van der Waals surface area contributed by atoms with Gasteiger partial charge >= 0.3 is 0 Å². The smallest absolute Gasteiger partial charge is 0.161 e. The van der Waals surface area contributed by atoms with Crippen molar-refractivity contribution in [2.75, 3.05) is 13.7 Å². The monoisotopic (exact) mass is 341 g/mol. The fourth-order valence-electron chi connectivity index (χ4n) is 3.53. The SMILES string of the molecule is COc1ccc(C(O)C(CN)c2ccccc2)cc1OC1CCCC1. The van der Waals surface area contributed by atoms with E-state index >= 15 is 0 Å². The van der Waals surface area contributed by atoms with Crippen molar-refractivity contribution in [2.24, 2.45) is 5.73 Å². The topological polar surface area (TPSA) is 64.7 Å². The van der Waals surface area contributed by atoms with Crippen LogP contribution in [0.15, 0.2) is 48.5 Å². The first-order chi connectivity index (χ1) is 12.2. The highest BCUT2D eigenvalue weighted by molar-refractivity contribution is 5.44.